The molecule has 1 aliphatic heterocycles. The number of benzene rings is 1. The van der Waals surface area contributed by atoms with Crippen molar-refractivity contribution in [1.29, 1.82) is 0 Å². The Morgan fingerprint density at radius 2 is 2.07 bits per heavy atom. The maximum atomic E-state index is 10.8. The second kappa shape index (κ2) is 3.61. The summed E-state index contributed by atoms with van der Waals surface area (Å²) in [6.45, 7) is 0.717. The fraction of sp³-hybridized carbons (Fsp3) is 0.200. The first-order chi connectivity index (χ1) is 7.24. The average molecular weight is 208 g/mol. The summed E-state index contributed by atoms with van der Waals surface area (Å²) >= 11 is 0. The molecule has 1 aromatic rings. The first-order valence-corrected chi connectivity index (χ1v) is 4.35. The molecule has 0 unspecified atom stereocenters. The molecular formula is C10H8O5. The second-order valence-electron chi connectivity index (χ2n) is 2.97. The van der Waals surface area contributed by atoms with Crippen LogP contribution in [-0.4, -0.2) is 30.6 Å². The van der Waals surface area contributed by atoms with Gasteiger partial charge in [-0.25, -0.2) is 4.79 Å². The monoisotopic (exact) mass is 208 g/mol. The first-order valence-electron chi connectivity index (χ1n) is 4.35. The minimum Gasteiger partial charge on any atom is -0.486 e. The van der Waals surface area contributed by atoms with Crippen LogP contribution in [0.4, 0.5) is 0 Å². The van der Waals surface area contributed by atoms with E-state index in [1.165, 1.54) is 12.1 Å². The van der Waals surface area contributed by atoms with Gasteiger partial charge in [-0.05, 0) is 12.1 Å². The van der Waals surface area contributed by atoms with Gasteiger partial charge in [0.15, 0.2) is 17.8 Å². The number of carbonyl (C=O) groups excluding carboxylic acids is 1. The number of hydrogen-bond donors (Lipinski definition) is 1. The van der Waals surface area contributed by atoms with Gasteiger partial charge in [0.1, 0.15) is 13.2 Å². The molecule has 0 bridgehead atoms. The Hall–Kier alpha value is -2.04. The number of rotatable bonds is 2. The van der Waals surface area contributed by atoms with E-state index in [9.17, 15) is 9.59 Å². The van der Waals surface area contributed by atoms with E-state index >= 15 is 0 Å². The van der Waals surface area contributed by atoms with Crippen LogP contribution in [0.15, 0.2) is 12.1 Å². The lowest BCUT2D eigenvalue weighted by Crippen LogP contribution is -2.18. The number of aromatic carboxylic acids is 1. The number of carbonyl (C=O) groups is 2. The van der Waals surface area contributed by atoms with Crippen LogP contribution in [0.25, 0.3) is 0 Å². The molecule has 78 valence electrons. The van der Waals surface area contributed by atoms with E-state index in [2.05, 4.69) is 0 Å². The Morgan fingerprint density at radius 3 is 2.73 bits per heavy atom. The lowest BCUT2D eigenvalue weighted by molar-refractivity contribution is 0.0692. The molecule has 0 aromatic heterocycles. The molecule has 1 aliphatic rings. The van der Waals surface area contributed by atoms with Crippen molar-refractivity contribution in [3.63, 3.8) is 0 Å². The maximum absolute atomic E-state index is 10.8. The first kappa shape index (κ1) is 9.51. The van der Waals surface area contributed by atoms with Crippen molar-refractivity contribution in [3.05, 3.63) is 23.3 Å². The molecule has 2 rings (SSSR count). The van der Waals surface area contributed by atoms with Crippen molar-refractivity contribution < 1.29 is 24.2 Å². The lowest BCUT2D eigenvalue weighted by atomic mass is 10.1. The standard InChI is InChI=1S/C10H8O5/c11-5-7-6(10(12)13)1-2-8-9(7)15-4-3-14-8/h1-2,5H,3-4H2,(H,12,13). The van der Waals surface area contributed by atoms with Crippen molar-refractivity contribution in [3.8, 4) is 11.5 Å². The average Bonchev–Trinajstić information content (AvgIpc) is 2.27. The molecule has 5 heteroatoms. The molecule has 0 aliphatic carbocycles. The number of fused-ring (bicyclic) bond motifs is 1. The summed E-state index contributed by atoms with van der Waals surface area (Å²) in [5.74, 6) is -0.529. The summed E-state index contributed by atoms with van der Waals surface area (Å²) in [6.07, 6.45) is 0.469. The van der Waals surface area contributed by atoms with E-state index in [1.54, 1.807) is 0 Å². The molecule has 15 heavy (non-hydrogen) atoms. The summed E-state index contributed by atoms with van der Waals surface area (Å²) in [6, 6.07) is 2.82. The van der Waals surface area contributed by atoms with Crippen LogP contribution < -0.4 is 9.47 Å². The molecule has 5 nitrogen and oxygen atoms in total. The zero-order valence-corrected chi connectivity index (χ0v) is 7.73. The van der Waals surface area contributed by atoms with Crippen LogP contribution in [0.5, 0.6) is 11.5 Å². The van der Waals surface area contributed by atoms with E-state index in [0.717, 1.165) is 0 Å². The third kappa shape index (κ3) is 1.52. The van der Waals surface area contributed by atoms with Crippen LogP contribution in [0.3, 0.4) is 0 Å². The lowest BCUT2D eigenvalue weighted by Gasteiger charge is -2.20. The highest BCUT2D eigenvalue weighted by molar-refractivity contribution is 5.99. The summed E-state index contributed by atoms with van der Waals surface area (Å²) < 4.78 is 10.4. The van der Waals surface area contributed by atoms with Crippen LogP contribution in [0.1, 0.15) is 20.7 Å². The summed E-state index contributed by atoms with van der Waals surface area (Å²) in [5, 5.41) is 8.84. The van der Waals surface area contributed by atoms with Gasteiger partial charge in [-0.2, -0.15) is 0 Å². The second-order valence-corrected chi connectivity index (χ2v) is 2.97. The fourth-order valence-corrected chi connectivity index (χ4v) is 1.44. The molecule has 1 aromatic carbocycles. The van der Waals surface area contributed by atoms with Crippen molar-refractivity contribution in [2.24, 2.45) is 0 Å². The van der Waals surface area contributed by atoms with E-state index in [-0.39, 0.29) is 16.9 Å². The quantitative estimate of drug-likeness (QED) is 0.733. The molecule has 0 saturated heterocycles. The number of aldehydes is 1. The molecule has 0 atom stereocenters. The highest BCUT2D eigenvalue weighted by atomic mass is 16.6. The molecule has 0 radical (unpaired) electrons. The van der Waals surface area contributed by atoms with Crippen molar-refractivity contribution in [2.75, 3.05) is 13.2 Å². The van der Waals surface area contributed by atoms with Crippen molar-refractivity contribution in [2.45, 2.75) is 0 Å². The largest absolute Gasteiger partial charge is 0.486 e. The highest BCUT2D eigenvalue weighted by Gasteiger charge is 2.21. The Balaban J connectivity index is 2.61. The van der Waals surface area contributed by atoms with Crippen molar-refractivity contribution >= 4 is 12.3 Å². The topological polar surface area (TPSA) is 72.8 Å². The van der Waals surface area contributed by atoms with Crippen molar-refractivity contribution in [1.82, 2.24) is 0 Å². The van der Waals surface area contributed by atoms with Gasteiger partial charge in [0, 0.05) is 0 Å². The molecule has 1 N–H and O–H groups in total. The third-order valence-corrected chi connectivity index (χ3v) is 2.10. The van der Waals surface area contributed by atoms with Gasteiger partial charge in [-0.1, -0.05) is 0 Å². The van der Waals surface area contributed by atoms with E-state index in [0.29, 0.717) is 25.2 Å². The zero-order chi connectivity index (χ0) is 10.8. The molecular weight excluding hydrogens is 200 g/mol. The van der Waals surface area contributed by atoms with E-state index < -0.39 is 5.97 Å². The van der Waals surface area contributed by atoms with Gasteiger partial charge in [0.2, 0.25) is 0 Å². The normalized spacial score (nSPS) is 13.3. The predicted octanol–water partition coefficient (Wildman–Crippen LogP) is 0.968. The number of hydrogen-bond acceptors (Lipinski definition) is 4. The number of carboxylic acids is 1. The van der Waals surface area contributed by atoms with Crippen LogP contribution >= 0.6 is 0 Å². The van der Waals surface area contributed by atoms with Crippen LogP contribution in [0, 0.1) is 0 Å². The Morgan fingerprint density at radius 1 is 1.33 bits per heavy atom. The third-order valence-electron chi connectivity index (χ3n) is 2.10. The van der Waals surface area contributed by atoms with Gasteiger partial charge in [0.05, 0.1) is 11.1 Å². The zero-order valence-electron chi connectivity index (χ0n) is 7.73. The molecule has 0 amide bonds. The minimum atomic E-state index is -1.16. The molecule has 0 fully saturated rings. The molecule has 0 saturated carbocycles. The van der Waals surface area contributed by atoms with Gasteiger partial charge in [-0.3, -0.25) is 4.79 Å². The number of carboxylic acid groups (broad SMARTS) is 1. The summed E-state index contributed by atoms with van der Waals surface area (Å²) in [7, 11) is 0. The van der Waals surface area contributed by atoms with Gasteiger partial charge >= 0.3 is 5.97 Å². The summed E-state index contributed by atoms with van der Waals surface area (Å²) in [4.78, 5) is 21.6. The Bertz CT molecular complexity index is 424. The molecule has 0 spiro atoms. The minimum absolute atomic E-state index is 0.0275. The maximum Gasteiger partial charge on any atom is 0.336 e. The highest BCUT2D eigenvalue weighted by Crippen LogP contribution is 2.34. The van der Waals surface area contributed by atoms with Gasteiger partial charge in [-0.15, -0.1) is 0 Å². The van der Waals surface area contributed by atoms with Crippen LogP contribution in [0.2, 0.25) is 0 Å². The van der Waals surface area contributed by atoms with E-state index in [1.807, 2.05) is 0 Å². The predicted molar refractivity (Wildman–Crippen MR) is 49.8 cm³/mol. The van der Waals surface area contributed by atoms with Crippen LogP contribution in [-0.2, 0) is 0 Å². The molecule has 1 heterocycles. The Labute approximate surface area is 85.2 Å². The van der Waals surface area contributed by atoms with Gasteiger partial charge in [0.25, 0.3) is 0 Å². The van der Waals surface area contributed by atoms with E-state index in [4.69, 9.17) is 14.6 Å². The summed E-state index contributed by atoms with van der Waals surface area (Å²) in [5.41, 5.74) is -0.0473. The number of ether oxygens (including phenoxy) is 2. The Kier molecular flexibility index (Phi) is 2.29. The van der Waals surface area contributed by atoms with Gasteiger partial charge < -0.3 is 14.6 Å². The fourth-order valence-electron chi connectivity index (χ4n) is 1.44. The SMILES string of the molecule is O=Cc1c(C(=O)O)ccc2c1OCCO2. The smallest absolute Gasteiger partial charge is 0.336 e.